The van der Waals surface area contributed by atoms with Gasteiger partial charge in [-0.05, 0) is 24.5 Å². The van der Waals surface area contributed by atoms with E-state index in [1.807, 2.05) is 0 Å². The van der Waals surface area contributed by atoms with Crippen molar-refractivity contribution in [1.82, 2.24) is 0 Å². The maximum absolute atomic E-state index is 12.6. The van der Waals surface area contributed by atoms with E-state index in [4.69, 9.17) is 0 Å². The second-order valence-electron chi connectivity index (χ2n) is 3.10. The highest BCUT2D eigenvalue weighted by atomic mass is 79.9. The zero-order valence-corrected chi connectivity index (χ0v) is 9.11. The first-order chi connectivity index (χ1) is 6.34. The number of benzene rings is 1. The van der Waals surface area contributed by atoms with Crippen molar-refractivity contribution in [3.05, 3.63) is 40.7 Å². The SMILES string of the molecule is [CH2]C(C)c1cccc(Br)c1C(F)(F)F. The molecule has 4 heteroatoms. The molecule has 0 saturated carbocycles. The van der Waals surface area contributed by atoms with Gasteiger partial charge in [0.25, 0.3) is 0 Å². The smallest absolute Gasteiger partial charge is 0.166 e. The molecule has 1 rings (SSSR count). The number of rotatable bonds is 1. The maximum atomic E-state index is 12.6. The van der Waals surface area contributed by atoms with Crippen molar-refractivity contribution >= 4 is 15.9 Å². The molecule has 14 heavy (non-hydrogen) atoms. The van der Waals surface area contributed by atoms with Gasteiger partial charge in [0.1, 0.15) is 0 Å². The maximum Gasteiger partial charge on any atom is 0.417 e. The standard InChI is InChI=1S/C10H9BrF3/c1-6(2)7-4-3-5-8(11)9(7)10(12,13)14/h3-6H,1H2,2H3. The van der Waals surface area contributed by atoms with E-state index in [9.17, 15) is 13.2 Å². The van der Waals surface area contributed by atoms with Gasteiger partial charge in [-0.1, -0.05) is 35.0 Å². The third kappa shape index (κ3) is 2.29. The fraction of sp³-hybridized carbons (Fsp3) is 0.300. The van der Waals surface area contributed by atoms with Crippen molar-refractivity contribution < 1.29 is 13.2 Å². The van der Waals surface area contributed by atoms with Crippen LogP contribution in [-0.2, 0) is 6.18 Å². The zero-order valence-electron chi connectivity index (χ0n) is 7.53. The Hall–Kier alpha value is -0.510. The molecule has 0 nitrogen and oxygen atoms in total. The first kappa shape index (κ1) is 11.6. The Morgan fingerprint density at radius 3 is 2.29 bits per heavy atom. The van der Waals surface area contributed by atoms with E-state index in [1.54, 1.807) is 13.0 Å². The van der Waals surface area contributed by atoms with Crippen molar-refractivity contribution in [2.24, 2.45) is 0 Å². The summed E-state index contributed by atoms with van der Waals surface area (Å²) in [6, 6.07) is 4.41. The Bertz CT molecular complexity index is 329. The molecule has 77 valence electrons. The van der Waals surface area contributed by atoms with E-state index >= 15 is 0 Å². The highest BCUT2D eigenvalue weighted by Crippen LogP contribution is 2.39. The Kier molecular flexibility index (Phi) is 3.24. The molecule has 0 N–H and O–H groups in total. The molecule has 0 spiro atoms. The number of hydrogen-bond donors (Lipinski definition) is 0. The molecule has 0 aliphatic heterocycles. The van der Waals surface area contributed by atoms with Crippen molar-refractivity contribution in [1.29, 1.82) is 0 Å². The number of alkyl halides is 3. The fourth-order valence-corrected chi connectivity index (χ4v) is 1.86. The molecule has 0 saturated heterocycles. The molecule has 1 radical (unpaired) electrons. The second-order valence-corrected chi connectivity index (χ2v) is 3.96. The van der Waals surface area contributed by atoms with E-state index in [1.165, 1.54) is 12.1 Å². The summed E-state index contributed by atoms with van der Waals surface area (Å²) in [5.74, 6) is -0.385. The van der Waals surface area contributed by atoms with Gasteiger partial charge < -0.3 is 0 Å². The van der Waals surface area contributed by atoms with Crippen molar-refractivity contribution in [3.8, 4) is 0 Å². The summed E-state index contributed by atoms with van der Waals surface area (Å²) in [6.07, 6.45) is -4.33. The Balaban J connectivity index is 3.38. The molecule has 1 unspecified atom stereocenters. The summed E-state index contributed by atoms with van der Waals surface area (Å²) in [5, 5.41) is 0. The van der Waals surface area contributed by atoms with Crippen LogP contribution in [0, 0.1) is 6.92 Å². The van der Waals surface area contributed by atoms with Crippen molar-refractivity contribution in [2.45, 2.75) is 19.0 Å². The predicted molar refractivity (Wildman–Crippen MR) is 52.9 cm³/mol. The summed E-state index contributed by atoms with van der Waals surface area (Å²) >= 11 is 2.90. The second kappa shape index (κ2) is 3.93. The van der Waals surface area contributed by atoms with Crippen LogP contribution in [0.1, 0.15) is 24.0 Å². The highest BCUT2D eigenvalue weighted by molar-refractivity contribution is 9.10. The van der Waals surface area contributed by atoms with Crippen LogP contribution in [0.25, 0.3) is 0 Å². The van der Waals surface area contributed by atoms with Gasteiger partial charge in [-0.15, -0.1) is 0 Å². The zero-order chi connectivity index (χ0) is 10.9. The summed E-state index contributed by atoms with van der Waals surface area (Å²) in [6.45, 7) is 5.24. The molecule has 0 aliphatic carbocycles. The van der Waals surface area contributed by atoms with Gasteiger partial charge in [0.05, 0.1) is 5.56 Å². The van der Waals surface area contributed by atoms with Gasteiger partial charge in [-0.2, -0.15) is 13.2 Å². The first-order valence-electron chi connectivity index (χ1n) is 4.02. The third-order valence-corrected chi connectivity index (χ3v) is 2.52. The highest BCUT2D eigenvalue weighted by Gasteiger charge is 2.35. The van der Waals surface area contributed by atoms with Gasteiger partial charge in [-0.3, -0.25) is 0 Å². The van der Waals surface area contributed by atoms with E-state index in [0.717, 1.165) is 0 Å². The molecule has 0 aromatic heterocycles. The fourth-order valence-electron chi connectivity index (χ4n) is 1.25. The van der Waals surface area contributed by atoms with Crippen molar-refractivity contribution in [3.63, 3.8) is 0 Å². The summed E-state index contributed by atoms with van der Waals surface area (Å²) in [5.41, 5.74) is -0.408. The van der Waals surface area contributed by atoms with Gasteiger partial charge in [-0.25, -0.2) is 0 Å². The molecule has 1 aromatic carbocycles. The monoisotopic (exact) mass is 265 g/mol. The Morgan fingerprint density at radius 1 is 1.36 bits per heavy atom. The van der Waals surface area contributed by atoms with Crippen LogP contribution in [0.2, 0.25) is 0 Å². The molecular formula is C10H9BrF3. The normalized spacial score (nSPS) is 12.2. The quantitative estimate of drug-likeness (QED) is 0.706. The minimum Gasteiger partial charge on any atom is -0.166 e. The molecule has 0 heterocycles. The van der Waals surface area contributed by atoms with Crippen LogP contribution < -0.4 is 0 Å². The third-order valence-electron chi connectivity index (χ3n) is 1.86. The largest absolute Gasteiger partial charge is 0.417 e. The topological polar surface area (TPSA) is 0 Å². The Morgan fingerprint density at radius 2 is 1.93 bits per heavy atom. The van der Waals surface area contributed by atoms with E-state index in [2.05, 4.69) is 22.9 Å². The number of halogens is 4. The van der Waals surface area contributed by atoms with Gasteiger partial charge in [0.15, 0.2) is 0 Å². The Labute approximate surface area is 89.3 Å². The van der Waals surface area contributed by atoms with E-state index in [-0.39, 0.29) is 16.0 Å². The molecule has 0 amide bonds. The van der Waals surface area contributed by atoms with Crippen LogP contribution in [0.3, 0.4) is 0 Å². The predicted octanol–water partition coefficient (Wildman–Crippen LogP) is 4.41. The lowest BCUT2D eigenvalue weighted by Gasteiger charge is -2.16. The average molecular weight is 266 g/mol. The summed E-state index contributed by atoms with van der Waals surface area (Å²) < 4.78 is 37.9. The molecule has 0 aliphatic rings. The molecule has 1 aromatic rings. The molecule has 1 atom stereocenters. The van der Waals surface area contributed by atoms with Gasteiger partial charge in [0.2, 0.25) is 0 Å². The van der Waals surface area contributed by atoms with Crippen LogP contribution in [0.15, 0.2) is 22.7 Å². The molecular weight excluding hydrogens is 257 g/mol. The number of hydrogen-bond acceptors (Lipinski definition) is 0. The summed E-state index contributed by atoms with van der Waals surface area (Å²) in [7, 11) is 0. The van der Waals surface area contributed by atoms with Crippen LogP contribution in [0.4, 0.5) is 13.2 Å². The van der Waals surface area contributed by atoms with Crippen LogP contribution >= 0.6 is 15.9 Å². The first-order valence-corrected chi connectivity index (χ1v) is 4.82. The van der Waals surface area contributed by atoms with E-state index < -0.39 is 11.7 Å². The summed E-state index contributed by atoms with van der Waals surface area (Å²) in [4.78, 5) is 0. The lowest BCUT2D eigenvalue weighted by atomic mass is 9.97. The minimum atomic E-state index is -4.33. The van der Waals surface area contributed by atoms with E-state index in [0.29, 0.717) is 0 Å². The minimum absolute atomic E-state index is 0.0676. The lowest BCUT2D eigenvalue weighted by molar-refractivity contribution is -0.138. The van der Waals surface area contributed by atoms with Gasteiger partial charge >= 0.3 is 6.18 Å². The van der Waals surface area contributed by atoms with Crippen LogP contribution in [-0.4, -0.2) is 0 Å². The lowest BCUT2D eigenvalue weighted by Crippen LogP contribution is -2.11. The average Bonchev–Trinajstić information content (AvgIpc) is 2.01. The molecule has 0 fully saturated rings. The molecule has 0 bridgehead atoms. The van der Waals surface area contributed by atoms with Crippen LogP contribution in [0.5, 0.6) is 0 Å². The van der Waals surface area contributed by atoms with Crippen molar-refractivity contribution in [2.75, 3.05) is 0 Å². The van der Waals surface area contributed by atoms with Gasteiger partial charge in [0, 0.05) is 4.47 Å².